The summed E-state index contributed by atoms with van der Waals surface area (Å²) in [5, 5.41) is 4.13. The maximum absolute atomic E-state index is 13.1. The van der Waals surface area contributed by atoms with Crippen LogP contribution < -0.4 is 5.73 Å². The lowest BCUT2D eigenvalue weighted by Gasteiger charge is -2.26. The number of rotatable bonds is 2. The zero-order valence-corrected chi connectivity index (χ0v) is 12.5. The lowest BCUT2D eigenvalue weighted by atomic mass is 9.81. The number of anilines is 1. The predicted octanol–water partition coefficient (Wildman–Crippen LogP) is 2.59. The van der Waals surface area contributed by atoms with E-state index in [1.54, 1.807) is 12.1 Å². The van der Waals surface area contributed by atoms with E-state index in [4.69, 9.17) is 10.6 Å². The van der Waals surface area contributed by atoms with E-state index in [0.717, 1.165) is 34.6 Å². The summed E-state index contributed by atoms with van der Waals surface area (Å²) in [7, 11) is 1.52. The minimum atomic E-state index is -0.242. The summed E-state index contributed by atoms with van der Waals surface area (Å²) >= 11 is 0. The van der Waals surface area contributed by atoms with Crippen LogP contribution in [0.25, 0.3) is 0 Å². The number of aromatic nitrogens is 2. The van der Waals surface area contributed by atoms with Crippen molar-refractivity contribution in [1.29, 1.82) is 0 Å². The molecule has 1 aliphatic rings. The van der Waals surface area contributed by atoms with Gasteiger partial charge in [0.2, 0.25) is 5.95 Å². The molecule has 0 saturated carbocycles. The van der Waals surface area contributed by atoms with Crippen molar-refractivity contribution < 1.29 is 9.23 Å². The molecule has 1 aromatic heterocycles. The van der Waals surface area contributed by atoms with Crippen LogP contribution >= 0.6 is 0 Å². The Labute approximate surface area is 128 Å². The SMILES string of the molecule is CON=C1CC(c2ccc(F)cc2)Cc2nc(N)nc(C)c21. The highest BCUT2D eigenvalue weighted by Crippen LogP contribution is 2.33. The first-order chi connectivity index (χ1) is 10.6. The van der Waals surface area contributed by atoms with Gasteiger partial charge in [-0.3, -0.25) is 0 Å². The van der Waals surface area contributed by atoms with Gasteiger partial charge in [0.15, 0.2) is 0 Å². The number of halogens is 1. The Morgan fingerprint density at radius 3 is 2.64 bits per heavy atom. The fraction of sp³-hybridized carbons (Fsp3) is 0.312. The first-order valence-electron chi connectivity index (χ1n) is 7.07. The monoisotopic (exact) mass is 300 g/mol. The second-order valence-electron chi connectivity index (χ2n) is 5.37. The molecule has 2 aromatic rings. The molecule has 114 valence electrons. The van der Waals surface area contributed by atoms with Crippen LogP contribution in [0.1, 0.15) is 34.9 Å². The Morgan fingerprint density at radius 2 is 1.95 bits per heavy atom. The van der Waals surface area contributed by atoms with Gasteiger partial charge in [-0.05, 0) is 37.0 Å². The number of benzene rings is 1. The number of hydrogen-bond donors (Lipinski definition) is 1. The van der Waals surface area contributed by atoms with Crippen molar-refractivity contribution >= 4 is 11.7 Å². The van der Waals surface area contributed by atoms with Crippen LogP contribution in [0.15, 0.2) is 29.4 Å². The summed E-state index contributed by atoms with van der Waals surface area (Å²) < 4.78 is 13.1. The fourth-order valence-electron chi connectivity index (χ4n) is 2.98. The van der Waals surface area contributed by atoms with Gasteiger partial charge in [-0.1, -0.05) is 17.3 Å². The van der Waals surface area contributed by atoms with Gasteiger partial charge in [-0.25, -0.2) is 14.4 Å². The highest BCUT2D eigenvalue weighted by Gasteiger charge is 2.29. The Bertz CT molecular complexity index is 728. The number of fused-ring (bicyclic) bond motifs is 1. The van der Waals surface area contributed by atoms with Gasteiger partial charge in [-0.2, -0.15) is 0 Å². The molecular weight excluding hydrogens is 283 g/mol. The number of hydrogen-bond acceptors (Lipinski definition) is 5. The van der Waals surface area contributed by atoms with E-state index in [9.17, 15) is 4.39 Å². The molecule has 0 spiro atoms. The molecule has 2 N–H and O–H groups in total. The van der Waals surface area contributed by atoms with Crippen LogP contribution in [0.3, 0.4) is 0 Å². The van der Waals surface area contributed by atoms with Crippen LogP contribution in [0, 0.1) is 12.7 Å². The van der Waals surface area contributed by atoms with Gasteiger partial charge in [0.05, 0.1) is 17.1 Å². The van der Waals surface area contributed by atoms with Crippen LogP contribution in [0.2, 0.25) is 0 Å². The molecule has 0 aliphatic heterocycles. The number of aryl methyl sites for hydroxylation is 1. The third kappa shape index (κ3) is 2.64. The second kappa shape index (κ2) is 5.71. The Hall–Kier alpha value is -2.50. The third-order valence-corrected chi connectivity index (χ3v) is 3.89. The van der Waals surface area contributed by atoms with Gasteiger partial charge in [0.25, 0.3) is 0 Å². The van der Waals surface area contributed by atoms with E-state index in [2.05, 4.69) is 15.1 Å². The van der Waals surface area contributed by atoms with Crippen LogP contribution in [0.4, 0.5) is 10.3 Å². The Morgan fingerprint density at radius 1 is 1.23 bits per heavy atom. The number of nitrogen functional groups attached to an aromatic ring is 1. The summed E-state index contributed by atoms with van der Waals surface area (Å²) in [5.74, 6) is 0.177. The van der Waals surface area contributed by atoms with Gasteiger partial charge in [0, 0.05) is 12.0 Å². The lowest BCUT2D eigenvalue weighted by molar-refractivity contribution is 0.212. The van der Waals surface area contributed by atoms with E-state index < -0.39 is 0 Å². The largest absolute Gasteiger partial charge is 0.399 e. The van der Waals surface area contributed by atoms with Crippen molar-refractivity contribution in [2.45, 2.75) is 25.7 Å². The van der Waals surface area contributed by atoms with E-state index in [0.29, 0.717) is 6.42 Å². The lowest BCUT2D eigenvalue weighted by Crippen LogP contribution is -2.23. The summed E-state index contributed by atoms with van der Waals surface area (Å²) in [6.07, 6.45) is 1.41. The molecule has 5 nitrogen and oxygen atoms in total. The van der Waals surface area contributed by atoms with Crippen LogP contribution in [0.5, 0.6) is 0 Å². The van der Waals surface area contributed by atoms with Gasteiger partial charge in [-0.15, -0.1) is 0 Å². The summed E-state index contributed by atoms with van der Waals surface area (Å²) in [4.78, 5) is 13.5. The molecule has 6 heteroatoms. The highest BCUT2D eigenvalue weighted by atomic mass is 19.1. The van der Waals surface area contributed by atoms with E-state index in [-0.39, 0.29) is 17.7 Å². The fourth-order valence-corrected chi connectivity index (χ4v) is 2.98. The predicted molar refractivity (Wildman–Crippen MR) is 82.2 cm³/mol. The molecule has 0 saturated heterocycles. The highest BCUT2D eigenvalue weighted by molar-refractivity contribution is 6.03. The van der Waals surface area contributed by atoms with Gasteiger partial charge in [0.1, 0.15) is 12.9 Å². The second-order valence-corrected chi connectivity index (χ2v) is 5.37. The quantitative estimate of drug-likeness (QED) is 0.865. The molecule has 1 atom stereocenters. The Kier molecular flexibility index (Phi) is 3.75. The normalized spacial score (nSPS) is 19.0. The van der Waals surface area contributed by atoms with Crippen molar-refractivity contribution in [3.8, 4) is 0 Å². The maximum atomic E-state index is 13.1. The zero-order chi connectivity index (χ0) is 15.7. The van der Waals surface area contributed by atoms with Crippen LogP contribution in [-0.4, -0.2) is 22.8 Å². The Balaban J connectivity index is 2.05. The average Bonchev–Trinajstić information content (AvgIpc) is 2.47. The topological polar surface area (TPSA) is 73.4 Å². The minimum absolute atomic E-state index is 0.163. The summed E-state index contributed by atoms with van der Waals surface area (Å²) in [6, 6.07) is 6.54. The first-order valence-corrected chi connectivity index (χ1v) is 7.07. The number of nitrogens with two attached hydrogens (primary N) is 1. The molecule has 1 aliphatic carbocycles. The van der Waals surface area contributed by atoms with Crippen molar-refractivity contribution in [2.75, 3.05) is 12.8 Å². The van der Waals surface area contributed by atoms with Crippen molar-refractivity contribution in [3.63, 3.8) is 0 Å². The number of nitrogens with zero attached hydrogens (tertiary/aromatic N) is 3. The smallest absolute Gasteiger partial charge is 0.220 e. The molecule has 1 aromatic carbocycles. The zero-order valence-electron chi connectivity index (χ0n) is 12.5. The van der Waals surface area contributed by atoms with Gasteiger partial charge >= 0.3 is 0 Å². The molecule has 0 amide bonds. The standard InChI is InChI=1S/C16H17FN4O/c1-9-15-13(20-16(18)19-9)7-11(8-14(15)21-22-2)10-3-5-12(17)6-4-10/h3-6,11H,7-8H2,1-2H3,(H2,18,19,20). The van der Waals surface area contributed by atoms with Crippen molar-refractivity contribution in [3.05, 3.63) is 52.6 Å². The van der Waals surface area contributed by atoms with E-state index >= 15 is 0 Å². The number of oxime groups is 1. The molecule has 3 rings (SSSR count). The molecular formula is C16H17FN4O. The van der Waals surface area contributed by atoms with Crippen molar-refractivity contribution in [2.24, 2.45) is 5.16 Å². The molecule has 22 heavy (non-hydrogen) atoms. The summed E-state index contributed by atoms with van der Waals surface area (Å²) in [6.45, 7) is 1.89. The van der Waals surface area contributed by atoms with E-state index in [1.165, 1.54) is 19.2 Å². The van der Waals surface area contributed by atoms with Gasteiger partial charge < -0.3 is 10.6 Å². The summed E-state index contributed by atoms with van der Waals surface area (Å²) in [5.41, 5.74) is 10.2. The molecule has 1 heterocycles. The first kappa shape index (κ1) is 14.4. The molecule has 0 radical (unpaired) electrons. The average molecular weight is 300 g/mol. The molecule has 1 unspecified atom stereocenters. The third-order valence-electron chi connectivity index (χ3n) is 3.89. The molecule has 0 fully saturated rings. The minimum Gasteiger partial charge on any atom is -0.399 e. The molecule has 0 bridgehead atoms. The van der Waals surface area contributed by atoms with E-state index in [1.807, 2.05) is 6.92 Å². The maximum Gasteiger partial charge on any atom is 0.220 e. The van der Waals surface area contributed by atoms with Crippen molar-refractivity contribution in [1.82, 2.24) is 9.97 Å². The van der Waals surface area contributed by atoms with Crippen LogP contribution in [-0.2, 0) is 11.3 Å².